The van der Waals surface area contributed by atoms with Gasteiger partial charge >= 0.3 is 5.97 Å². The Balaban J connectivity index is 3.33. The van der Waals surface area contributed by atoms with Gasteiger partial charge in [0.2, 0.25) is 0 Å². The minimum Gasteiger partial charge on any atom is -0.497 e. The van der Waals surface area contributed by atoms with Crippen LogP contribution in [0.25, 0.3) is 0 Å². The molecule has 5 nitrogen and oxygen atoms in total. The third-order valence-electron chi connectivity index (χ3n) is 3.51. The summed E-state index contributed by atoms with van der Waals surface area (Å²) in [7, 11) is 3.00. The molecule has 0 aliphatic heterocycles. The summed E-state index contributed by atoms with van der Waals surface area (Å²) < 4.78 is 10.4. The summed E-state index contributed by atoms with van der Waals surface area (Å²) in [5, 5.41) is 20.1. The minimum absolute atomic E-state index is 0.378. The van der Waals surface area contributed by atoms with E-state index in [-0.39, 0.29) is 0 Å². The molecule has 20 heavy (non-hydrogen) atoms. The normalized spacial score (nSPS) is 15.2. The zero-order chi connectivity index (χ0) is 15.3. The van der Waals surface area contributed by atoms with Gasteiger partial charge in [-0.05, 0) is 31.5 Å². The number of carboxylic acid groups (broad SMARTS) is 1. The van der Waals surface area contributed by atoms with E-state index in [0.717, 1.165) is 0 Å². The number of aliphatic carboxylic acids is 1. The first-order valence-electron chi connectivity index (χ1n) is 6.56. The molecule has 0 spiro atoms. The number of hydrogen-bond donors (Lipinski definition) is 2. The van der Waals surface area contributed by atoms with Gasteiger partial charge in [-0.25, -0.2) is 0 Å². The van der Waals surface area contributed by atoms with Gasteiger partial charge in [-0.3, -0.25) is 4.79 Å². The van der Waals surface area contributed by atoms with Gasteiger partial charge in [0.15, 0.2) is 0 Å². The van der Waals surface area contributed by atoms with E-state index in [2.05, 4.69) is 0 Å². The average molecular weight is 282 g/mol. The molecular formula is C15H22O5. The van der Waals surface area contributed by atoms with Crippen LogP contribution in [0.3, 0.4) is 0 Å². The van der Waals surface area contributed by atoms with Crippen LogP contribution >= 0.6 is 0 Å². The number of carboxylic acids is 1. The maximum Gasteiger partial charge on any atom is 0.309 e. The van der Waals surface area contributed by atoms with Crippen LogP contribution in [0.15, 0.2) is 18.2 Å². The van der Waals surface area contributed by atoms with Gasteiger partial charge in [0.05, 0.1) is 20.1 Å². The molecule has 112 valence electrons. The summed E-state index contributed by atoms with van der Waals surface area (Å²) in [6, 6.07) is 4.98. The maximum absolute atomic E-state index is 11.4. The molecule has 0 heterocycles. The summed E-state index contributed by atoms with van der Waals surface area (Å²) in [5.41, 5.74) is -1.12. The number of carbonyl (C=O) groups is 1. The molecular weight excluding hydrogens is 260 g/mol. The van der Waals surface area contributed by atoms with Gasteiger partial charge in [-0.2, -0.15) is 0 Å². The third kappa shape index (κ3) is 3.22. The molecule has 0 aliphatic rings. The second kappa shape index (κ2) is 6.61. The molecule has 2 atom stereocenters. The number of rotatable bonds is 7. The van der Waals surface area contributed by atoms with Gasteiger partial charge in [-0.1, -0.05) is 13.3 Å². The highest BCUT2D eigenvalue weighted by Crippen LogP contribution is 2.39. The van der Waals surface area contributed by atoms with E-state index in [9.17, 15) is 15.0 Å². The third-order valence-corrected chi connectivity index (χ3v) is 3.51. The van der Waals surface area contributed by atoms with Gasteiger partial charge < -0.3 is 19.7 Å². The van der Waals surface area contributed by atoms with E-state index >= 15 is 0 Å². The molecule has 0 aromatic heterocycles. The lowest BCUT2D eigenvalue weighted by atomic mass is 9.80. The molecule has 0 bridgehead atoms. The van der Waals surface area contributed by atoms with Crippen LogP contribution in [-0.2, 0) is 10.4 Å². The fourth-order valence-electron chi connectivity index (χ4n) is 2.33. The van der Waals surface area contributed by atoms with Crippen LogP contribution < -0.4 is 9.47 Å². The van der Waals surface area contributed by atoms with Crippen molar-refractivity contribution >= 4 is 5.97 Å². The number of benzene rings is 1. The van der Waals surface area contributed by atoms with E-state index in [0.29, 0.717) is 29.9 Å². The highest BCUT2D eigenvalue weighted by molar-refractivity contribution is 5.72. The lowest BCUT2D eigenvalue weighted by molar-refractivity contribution is -0.152. The summed E-state index contributed by atoms with van der Waals surface area (Å²) >= 11 is 0. The second-order valence-corrected chi connectivity index (χ2v) is 4.89. The van der Waals surface area contributed by atoms with Crippen molar-refractivity contribution < 1.29 is 24.5 Å². The monoisotopic (exact) mass is 282 g/mol. The first-order chi connectivity index (χ1) is 9.38. The Morgan fingerprint density at radius 1 is 1.35 bits per heavy atom. The van der Waals surface area contributed by atoms with Gasteiger partial charge in [0, 0.05) is 5.56 Å². The Kier molecular flexibility index (Phi) is 5.39. The number of methoxy groups -OCH3 is 2. The lowest BCUT2D eigenvalue weighted by Gasteiger charge is -2.31. The Morgan fingerprint density at radius 2 is 2.00 bits per heavy atom. The van der Waals surface area contributed by atoms with E-state index in [1.165, 1.54) is 21.1 Å². The zero-order valence-electron chi connectivity index (χ0n) is 12.3. The Morgan fingerprint density at radius 3 is 2.45 bits per heavy atom. The highest BCUT2D eigenvalue weighted by Gasteiger charge is 2.40. The molecule has 0 aliphatic carbocycles. The van der Waals surface area contributed by atoms with Crippen molar-refractivity contribution in [3.8, 4) is 11.5 Å². The van der Waals surface area contributed by atoms with Crippen molar-refractivity contribution in [3.63, 3.8) is 0 Å². The van der Waals surface area contributed by atoms with Crippen molar-refractivity contribution in [1.29, 1.82) is 0 Å². The molecule has 2 N–H and O–H groups in total. The molecule has 0 saturated heterocycles. The fraction of sp³-hybridized carbons (Fsp3) is 0.533. The van der Waals surface area contributed by atoms with Crippen LogP contribution in [0.1, 0.15) is 32.3 Å². The number of ether oxygens (including phenoxy) is 2. The molecule has 2 unspecified atom stereocenters. The predicted octanol–water partition coefficient (Wildman–Crippen LogP) is 2.41. The standard InChI is InChI=1S/C15H22O5/c1-5-6-11(14(16)17)15(2,18)12-9-10(19-3)7-8-13(12)20-4/h7-9,11,18H,5-6H2,1-4H3,(H,16,17). The molecule has 0 fully saturated rings. The summed E-state index contributed by atoms with van der Waals surface area (Å²) in [6.07, 6.45) is 1.04. The molecule has 0 radical (unpaired) electrons. The first-order valence-corrected chi connectivity index (χ1v) is 6.56. The van der Waals surface area contributed by atoms with Crippen molar-refractivity contribution in [2.24, 2.45) is 5.92 Å². The summed E-state index contributed by atoms with van der Waals surface area (Å²) in [6.45, 7) is 3.38. The van der Waals surface area contributed by atoms with Gasteiger partial charge in [0.25, 0.3) is 0 Å². The van der Waals surface area contributed by atoms with Crippen molar-refractivity contribution in [3.05, 3.63) is 23.8 Å². The van der Waals surface area contributed by atoms with Gasteiger partial charge in [-0.15, -0.1) is 0 Å². The van der Waals surface area contributed by atoms with Crippen LogP contribution in [0, 0.1) is 5.92 Å². The molecule has 1 aromatic carbocycles. The topological polar surface area (TPSA) is 76.0 Å². The van der Waals surface area contributed by atoms with E-state index < -0.39 is 17.5 Å². The molecule has 1 rings (SSSR count). The smallest absolute Gasteiger partial charge is 0.309 e. The fourth-order valence-corrected chi connectivity index (χ4v) is 2.33. The predicted molar refractivity (Wildman–Crippen MR) is 75.2 cm³/mol. The van der Waals surface area contributed by atoms with Crippen LogP contribution in [0.4, 0.5) is 0 Å². The van der Waals surface area contributed by atoms with Crippen LogP contribution in [0.2, 0.25) is 0 Å². The quantitative estimate of drug-likeness (QED) is 0.803. The first kappa shape index (κ1) is 16.3. The van der Waals surface area contributed by atoms with Crippen LogP contribution in [-0.4, -0.2) is 30.4 Å². The average Bonchev–Trinajstić information content (AvgIpc) is 2.43. The van der Waals surface area contributed by atoms with Crippen molar-refractivity contribution in [1.82, 2.24) is 0 Å². The molecule has 0 saturated carbocycles. The summed E-state index contributed by atoms with van der Waals surface area (Å²) in [5.74, 6) is -0.949. The molecule has 5 heteroatoms. The van der Waals surface area contributed by atoms with Gasteiger partial charge in [0.1, 0.15) is 17.1 Å². The highest BCUT2D eigenvalue weighted by atomic mass is 16.5. The zero-order valence-corrected chi connectivity index (χ0v) is 12.3. The molecule has 0 amide bonds. The maximum atomic E-state index is 11.4. The Labute approximate surface area is 119 Å². The SMILES string of the molecule is CCCC(C(=O)O)C(C)(O)c1cc(OC)ccc1OC. The van der Waals surface area contributed by atoms with E-state index in [1.807, 2.05) is 6.92 Å². The van der Waals surface area contributed by atoms with E-state index in [1.54, 1.807) is 18.2 Å². The largest absolute Gasteiger partial charge is 0.497 e. The summed E-state index contributed by atoms with van der Waals surface area (Å²) in [4.78, 5) is 11.4. The van der Waals surface area contributed by atoms with Crippen LogP contribution in [0.5, 0.6) is 11.5 Å². The van der Waals surface area contributed by atoms with Crippen molar-refractivity contribution in [2.45, 2.75) is 32.3 Å². The van der Waals surface area contributed by atoms with Crippen molar-refractivity contribution in [2.75, 3.05) is 14.2 Å². The lowest BCUT2D eigenvalue weighted by Crippen LogP contribution is -2.37. The second-order valence-electron chi connectivity index (χ2n) is 4.89. The Hall–Kier alpha value is -1.75. The number of aliphatic hydroxyl groups is 1. The minimum atomic E-state index is -1.54. The molecule has 1 aromatic rings. The Bertz CT molecular complexity index is 467. The number of hydrogen-bond acceptors (Lipinski definition) is 4. The van der Waals surface area contributed by atoms with E-state index in [4.69, 9.17) is 9.47 Å².